The van der Waals surface area contributed by atoms with Crippen LogP contribution in [0, 0.1) is 6.42 Å². The van der Waals surface area contributed by atoms with Crippen molar-refractivity contribution in [1.82, 2.24) is 15.0 Å². The predicted octanol–water partition coefficient (Wildman–Crippen LogP) is 3.83. The van der Waals surface area contributed by atoms with Crippen molar-refractivity contribution in [3.8, 4) is 0 Å². The molecule has 25 heavy (non-hydrogen) atoms. The zero-order chi connectivity index (χ0) is 17.1. The number of aromatic nitrogens is 3. The molecule has 2 N–H and O–H groups in total. The van der Waals surface area contributed by atoms with E-state index in [0.717, 1.165) is 47.6 Å². The van der Waals surface area contributed by atoms with Gasteiger partial charge in [-0.15, -0.1) is 0 Å². The summed E-state index contributed by atoms with van der Waals surface area (Å²) in [5.74, 6) is 1.92. The Bertz CT molecular complexity index is 872. The average molecular weight is 332 g/mol. The van der Waals surface area contributed by atoms with E-state index in [2.05, 4.69) is 46.1 Å². The maximum Gasteiger partial charge on any atom is 0.137 e. The van der Waals surface area contributed by atoms with Crippen molar-refractivity contribution in [2.75, 3.05) is 17.2 Å². The number of rotatable bonds is 5. The third-order valence-corrected chi connectivity index (χ3v) is 4.52. The fourth-order valence-electron chi connectivity index (χ4n) is 3.17. The minimum absolute atomic E-state index is 0.254. The Morgan fingerprint density at radius 3 is 3.08 bits per heavy atom. The van der Waals surface area contributed by atoms with E-state index in [1.54, 1.807) is 6.33 Å². The van der Waals surface area contributed by atoms with Crippen molar-refractivity contribution in [1.29, 1.82) is 0 Å². The first-order valence-electron chi connectivity index (χ1n) is 8.83. The van der Waals surface area contributed by atoms with E-state index in [1.165, 1.54) is 12.0 Å². The number of anilines is 2. The van der Waals surface area contributed by atoms with Gasteiger partial charge in [0.15, 0.2) is 0 Å². The van der Waals surface area contributed by atoms with Crippen LogP contribution in [-0.2, 0) is 6.42 Å². The summed E-state index contributed by atoms with van der Waals surface area (Å²) in [4.78, 5) is 13.4. The lowest BCUT2D eigenvalue weighted by molar-refractivity contribution is 0.771. The lowest BCUT2D eigenvalue weighted by Crippen LogP contribution is -2.17. The molecule has 0 spiro atoms. The molecule has 1 radical (unpaired) electrons. The van der Waals surface area contributed by atoms with Gasteiger partial charge in [-0.05, 0) is 49.9 Å². The van der Waals surface area contributed by atoms with Crippen LogP contribution in [0.15, 0.2) is 42.7 Å². The van der Waals surface area contributed by atoms with Gasteiger partial charge in [0.25, 0.3) is 0 Å². The van der Waals surface area contributed by atoms with Gasteiger partial charge in [0.2, 0.25) is 0 Å². The summed E-state index contributed by atoms with van der Waals surface area (Å²) in [6.07, 6.45) is 6.97. The molecule has 4 rings (SSSR count). The van der Waals surface area contributed by atoms with Crippen LogP contribution >= 0.6 is 0 Å². The van der Waals surface area contributed by atoms with E-state index in [4.69, 9.17) is 4.98 Å². The number of benzene rings is 1. The van der Waals surface area contributed by atoms with Crippen LogP contribution in [0.3, 0.4) is 0 Å². The number of fused-ring (bicyclic) bond motifs is 2. The van der Waals surface area contributed by atoms with E-state index < -0.39 is 0 Å². The number of para-hydroxylation sites is 1. The molecule has 0 amide bonds. The summed E-state index contributed by atoms with van der Waals surface area (Å²) in [6, 6.07) is 12.6. The lowest BCUT2D eigenvalue weighted by Gasteiger charge is -2.18. The quantitative estimate of drug-likeness (QED) is 0.743. The number of aryl methyl sites for hydroxylation is 1. The second kappa shape index (κ2) is 7.05. The van der Waals surface area contributed by atoms with Crippen molar-refractivity contribution in [2.24, 2.45) is 0 Å². The molecule has 0 fully saturated rings. The molecule has 0 aliphatic carbocycles. The molecule has 3 heterocycles. The Hall–Kier alpha value is -2.69. The molecule has 0 bridgehead atoms. The smallest absolute Gasteiger partial charge is 0.137 e. The fourth-order valence-corrected chi connectivity index (χ4v) is 3.17. The molecular weight excluding hydrogens is 310 g/mol. The normalized spacial score (nSPS) is 14.6. The van der Waals surface area contributed by atoms with Crippen LogP contribution in [0.4, 0.5) is 11.6 Å². The Morgan fingerprint density at radius 1 is 1.20 bits per heavy atom. The minimum atomic E-state index is 0.254. The summed E-state index contributed by atoms with van der Waals surface area (Å²) >= 11 is 0. The number of nitrogens with zero attached hydrogens (tertiary/aromatic N) is 3. The average Bonchev–Trinajstić information content (AvgIpc) is 2.66. The van der Waals surface area contributed by atoms with Gasteiger partial charge in [0.1, 0.15) is 18.0 Å². The first kappa shape index (κ1) is 15.8. The largest absolute Gasteiger partial charge is 0.370 e. The Balaban J connectivity index is 1.41. The standard InChI is InChI=1S/C20H22N5/c1-14(24-20-17-6-2-3-7-18(17)22-13-23-20)8-10-16-11-9-15-5-4-12-21-19(15)25-16/h2-3,6-7,9-11,13-14H,4-5,8,12H2,1H3,(H,21,25)(H,22,23,24). The highest BCUT2D eigenvalue weighted by molar-refractivity contribution is 5.88. The van der Waals surface area contributed by atoms with E-state index in [9.17, 15) is 0 Å². The first-order chi connectivity index (χ1) is 12.3. The molecule has 1 aliphatic heterocycles. The van der Waals surface area contributed by atoms with Crippen LogP contribution in [0.5, 0.6) is 0 Å². The van der Waals surface area contributed by atoms with Crippen molar-refractivity contribution < 1.29 is 0 Å². The molecule has 5 heteroatoms. The number of hydrogen-bond acceptors (Lipinski definition) is 5. The second-order valence-electron chi connectivity index (χ2n) is 6.50. The van der Waals surface area contributed by atoms with Gasteiger partial charge < -0.3 is 10.6 Å². The van der Waals surface area contributed by atoms with Gasteiger partial charge in [0.05, 0.1) is 5.52 Å². The maximum absolute atomic E-state index is 4.72. The number of hydrogen-bond donors (Lipinski definition) is 2. The zero-order valence-corrected chi connectivity index (χ0v) is 14.4. The van der Waals surface area contributed by atoms with Crippen molar-refractivity contribution in [3.05, 3.63) is 60.4 Å². The van der Waals surface area contributed by atoms with Gasteiger partial charge in [-0.3, -0.25) is 0 Å². The molecule has 3 aromatic rings. The van der Waals surface area contributed by atoms with Crippen molar-refractivity contribution in [2.45, 2.75) is 32.2 Å². The molecule has 1 unspecified atom stereocenters. The van der Waals surface area contributed by atoms with Gasteiger partial charge in [0, 0.05) is 30.1 Å². The van der Waals surface area contributed by atoms with Gasteiger partial charge in [-0.25, -0.2) is 15.0 Å². The number of pyridine rings is 1. The van der Waals surface area contributed by atoms with E-state index >= 15 is 0 Å². The van der Waals surface area contributed by atoms with Crippen LogP contribution in [0.2, 0.25) is 0 Å². The molecule has 2 aromatic heterocycles. The highest BCUT2D eigenvalue weighted by Gasteiger charge is 2.12. The zero-order valence-electron chi connectivity index (χ0n) is 14.4. The molecule has 1 aliphatic rings. The van der Waals surface area contributed by atoms with E-state index in [-0.39, 0.29) is 6.04 Å². The number of nitrogens with one attached hydrogen (secondary N) is 2. The summed E-state index contributed by atoms with van der Waals surface area (Å²) in [7, 11) is 0. The first-order valence-corrected chi connectivity index (χ1v) is 8.83. The van der Waals surface area contributed by atoms with Gasteiger partial charge in [-0.2, -0.15) is 0 Å². The van der Waals surface area contributed by atoms with E-state index in [1.807, 2.05) is 24.3 Å². The van der Waals surface area contributed by atoms with Crippen molar-refractivity contribution in [3.63, 3.8) is 0 Å². The SMILES string of the molecule is CC(C[CH]c1ccc2c(n1)NCCC2)Nc1ncnc2ccccc12. The van der Waals surface area contributed by atoms with Crippen LogP contribution < -0.4 is 10.6 Å². The Kier molecular flexibility index (Phi) is 4.46. The summed E-state index contributed by atoms with van der Waals surface area (Å²) in [5.41, 5.74) is 3.30. The Labute approximate surface area is 147 Å². The highest BCUT2D eigenvalue weighted by atomic mass is 15.0. The topological polar surface area (TPSA) is 62.7 Å². The van der Waals surface area contributed by atoms with Crippen molar-refractivity contribution >= 4 is 22.5 Å². The minimum Gasteiger partial charge on any atom is -0.370 e. The van der Waals surface area contributed by atoms with Crippen LogP contribution in [-0.4, -0.2) is 27.5 Å². The Morgan fingerprint density at radius 2 is 2.12 bits per heavy atom. The predicted molar refractivity (Wildman–Crippen MR) is 102 cm³/mol. The monoisotopic (exact) mass is 332 g/mol. The van der Waals surface area contributed by atoms with Crippen LogP contribution in [0.1, 0.15) is 31.0 Å². The fraction of sp³-hybridized carbons (Fsp3) is 0.300. The van der Waals surface area contributed by atoms with Gasteiger partial charge >= 0.3 is 0 Å². The molecule has 0 saturated heterocycles. The molecular formula is C20H22N5. The second-order valence-corrected chi connectivity index (χ2v) is 6.50. The van der Waals surface area contributed by atoms with Crippen LogP contribution in [0.25, 0.3) is 10.9 Å². The maximum atomic E-state index is 4.72. The third kappa shape index (κ3) is 3.55. The summed E-state index contributed by atoms with van der Waals surface area (Å²) in [5, 5.41) is 7.93. The molecule has 0 saturated carbocycles. The molecule has 5 nitrogen and oxygen atoms in total. The summed E-state index contributed by atoms with van der Waals surface area (Å²) in [6.45, 7) is 3.17. The van der Waals surface area contributed by atoms with E-state index in [0.29, 0.717) is 0 Å². The third-order valence-electron chi connectivity index (χ3n) is 4.52. The molecule has 1 atom stereocenters. The highest BCUT2D eigenvalue weighted by Crippen LogP contribution is 2.22. The molecule has 1 aromatic carbocycles. The van der Waals surface area contributed by atoms with Gasteiger partial charge in [-0.1, -0.05) is 18.2 Å². The molecule has 127 valence electrons. The lowest BCUT2D eigenvalue weighted by atomic mass is 10.0. The summed E-state index contributed by atoms with van der Waals surface area (Å²) < 4.78 is 0.